The first-order chi connectivity index (χ1) is 37.0. The molecule has 0 bridgehead atoms. The Balaban J connectivity index is 1.20. The van der Waals surface area contributed by atoms with Crippen LogP contribution >= 0.6 is 0 Å². The van der Waals surface area contributed by atoms with Gasteiger partial charge in [0.2, 0.25) is 0 Å². The standard InChI is InChI=1S/C42H72O36/c43-1-8-16(51)23(58)30(36(65)66-8)73-38-32(25(60)18(53)10(3-45)68-38)75-40-34(27(62)20(55)12(5-47)70-40)77-42-35(28(63)21(56)14(7-49)72-42)78-41-33(26(61)19(54)13(6-48)71-41)76-39-31(24(59)17(52)11(4-46)69-39)74-37-29(64)22(57)15(50)9(2-44)67-37/h8-65H,1-7H2/t8-,9-,10-,11-,12-,13-,14-,15-,16-,17-,18-,19-,20-,21-,22+,23+,24+,25+,26+,27+,28+,29+,30+,31+,32+,33+,34+,35+,36?,37+,38-,39+,40-,41+,42-/m1/s1. The van der Waals surface area contributed by atoms with Crippen LogP contribution in [0.15, 0.2) is 0 Å². The fourth-order valence-corrected chi connectivity index (χ4v) is 9.88. The molecule has 7 aliphatic heterocycles. The van der Waals surface area contributed by atoms with Gasteiger partial charge in [-0.3, -0.25) is 0 Å². The normalized spacial score (nSPS) is 53.5. The van der Waals surface area contributed by atoms with E-state index in [1.165, 1.54) is 0 Å². The summed E-state index contributed by atoms with van der Waals surface area (Å²) in [5.74, 6) is 0. The number of rotatable bonds is 19. The van der Waals surface area contributed by atoms with Crippen molar-refractivity contribution < 1.29 is 179 Å². The molecule has 7 heterocycles. The molecule has 0 spiro atoms. The van der Waals surface area contributed by atoms with Crippen LogP contribution in [0.3, 0.4) is 0 Å². The molecule has 0 amide bonds. The third-order valence-electron chi connectivity index (χ3n) is 14.6. The van der Waals surface area contributed by atoms with E-state index in [0.717, 1.165) is 0 Å². The van der Waals surface area contributed by atoms with Crippen molar-refractivity contribution in [2.24, 2.45) is 0 Å². The van der Waals surface area contributed by atoms with Crippen molar-refractivity contribution in [3.8, 4) is 0 Å². The highest BCUT2D eigenvalue weighted by molar-refractivity contribution is 5.01. The van der Waals surface area contributed by atoms with Crippen LogP contribution in [0, 0.1) is 0 Å². The maximum Gasteiger partial charge on any atom is 0.187 e. The summed E-state index contributed by atoms with van der Waals surface area (Å²) >= 11 is 0. The molecule has 0 aliphatic carbocycles. The van der Waals surface area contributed by atoms with E-state index < -0.39 is 261 Å². The number of aliphatic hydroxyl groups is 23. The fourth-order valence-electron chi connectivity index (χ4n) is 9.88. The molecule has 0 aromatic heterocycles. The molecule has 0 saturated carbocycles. The van der Waals surface area contributed by atoms with E-state index in [9.17, 15) is 117 Å². The molecular weight excluding hydrogens is 1080 g/mol. The summed E-state index contributed by atoms with van der Waals surface area (Å²) in [5.41, 5.74) is 0. The number of hydrogen-bond donors (Lipinski definition) is 23. The highest BCUT2D eigenvalue weighted by Gasteiger charge is 2.59. The molecule has 7 aliphatic rings. The predicted octanol–water partition coefficient (Wildman–Crippen LogP) is -16.3. The SMILES string of the molecule is OC[C@H]1O[C@@H](O[C@@H]2[C@H](O[C@@H]3[C@H](O[C@@H]4[C@@H](O[C@@H]5[C@@H](O[C@@H]6[C@@H](O[C@@H]7C(O)O[C@H](CO)[C@@H](O)[C@@H]7O)O[C@H](CO)[C@@H](O)[C@@H]6O)O[C@H](CO)[C@@H](O)[C@@H]5O)O[C@H](CO)[C@@H](O)[C@@H]4O)O[C@H](CO)[C@@H](O)[C@@H]3O)O[C@H](CO)[C@@H](O)[C@@H]2O)[C@@H](O)[C@@H](O)[C@@H]1O. The van der Waals surface area contributed by atoms with Gasteiger partial charge in [0.05, 0.1) is 46.2 Å². The zero-order chi connectivity index (χ0) is 57.3. The van der Waals surface area contributed by atoms with Gasteiger partial charge >= 0.3 is 0 Å². The van der Waals surface area contributed by atoms with E-state index in [2.05, 4.69) is 0 Å². The molecule has 23 N–H and O–H groups in total. The van der Waals surface area contributed by atoms with Crippen LogP contribution in [-0.4, -0.2) is 379 Å². The average molecular weight is 1150 g/mol. The minimum atomic E-state index is -2.34. The predicted molar refractivity (Wildman–Crippen MR) is 232 cm³/mol. The lowest BCUT2D eigenvalue weighted by Gasteiger charge is -2.51. The number of aliphatic hydroxyl groups excluding tert-OH is 23. The fraction of sp³-hybridized carbons (Fsp3) is 1.00. The van der Waals surface area contributed by atoms with Crippen LogP contribution in [0.4, 0.5) is 0 Å². The van der Waals surface area contributed by atoms with Gasteiger partial charge in [0, 0.05) is 0 Å². The zero-order valence-electron chi connectivity index (χ0n) is 40.8. The molecule has 0 aromatic carbocycles. The largest absolute Gasteiger partial charge is 0.394 e. The van der Waals surface area contributed by atoms with Gasteiger partial charge < -0.3 is 179 Å². The van der Waals surface area contributed by atoms with Gasteiger partial charge in [-0.25, -0.2) is 0 Å². The van der Waals surface area contributed by atoms with Crippen molar-refractivity contribution >= 4 is 0 Å². The molecule has 456 valence electrons. The first-order valence-corrected chi connectivity index (χ1v) is 24.7. The van der Waals surface area contributed by atoms with Crippen LogP contribution in [0.2, 0.25) is 0 Å². The van der Waals surface area contributed by atoms with Crippen molar-refractivity contribution in [1.29, 1.82) is 0 Å². The molecule has 35 atom stereocenters. The molecule has 7 saturated heterocycles. The Morgan fingerprint density at radius 2 is 0.372 bits per heavy atom. The Labute approximate surface area is 439 Å². The minimum absolute atomic E-state index is 0.890. The first kappa shape index (κ1) is 64.1. The van der Waals surface area contributed by atoms with Crippen LogP contribution in [0.1, 0.15) is 0 Å². The Morgan fingerprint density at radius 3 is 0.615 bits per heavy atom. The van der Waals surface area contributed by atoms with Crippen molar-refractivity contribution in [3.63, 3.8) is 0 Å². The van der Waals surface area contributed by atoms with E-state index in [0.29, 0.717) is 0 Å². The topological polar surface area (TPSA) is 585 Å². The lowest BCUT2D eigenvalue weighted by atomic mass is 9.95. The van der Waals surface area contributed by atoms with Crippen molar-refractivity contribution in [3.05, 3.63) is 0 Å². The summed E-state index contributed by atoms with van der Waals surface area (Å²) in [6.07, 6.45) is -72.5. The molecule has 78 heavy (non-hydrogen) atoms. The molecule has 36 nitrogen and oxygen atoms in total. The maximum atomic E-state index is 11.7. The quantitative estimate of drug-likeness (QED) is 0.0571. The minimum Gasteiger partial charge on any atom is -0.394 e. The van der Waals surface area contributed by atoms with Crippen molar-refractivity contribution in [1.82, 2.24) is 0 Å². The van der Waals surface area contributed by atoms with Crippen molar-refractivity contribution in [2.75, 3.05) is 46.2 Å². The van der Waals surface area contributed by atoms with Gasteiger partial charge in [0.15, 0.2) is 44.0 Å². The second kappa shape index (κ2) is 27.5. The molecular formula is C42H72O36. The summed E-state index contributed by atoms with van der Waals surface area (Å²) in [5, 5.41) is 246. The van der Waals surface area contributed by atoms with E-state index in [1.807, 2.05) is 0 Å². The van der Waals surface area contributed by atoms with Gasteiger partial charge in [0.1, 0.15) is 171 Å². The highest BCUT2D eigenvalue weighted by Crippen LogP contribution is 2.39. The smallest absolute Gasteiger partial charge is 0.187 e. The molecule has 1 unspecified atom stereocenters. The second-order valence-corrected chi connectivity index (χ2v) is 19.6. The summed E-state index contributed by atoms with van der Waals surface area (Å²) in [6.45, 7) is -7.18. The summed E-state index contributed by atoms with van der Waals surface area (Å²) < 4.78 is 74.3. The molecule has 7 rings (SSSR count). The Kier molecular flexibility index (Phi) is 22.6. The van der Waals surface area contributed by atoms with Gasteiger partial charge in [-0.15, -0.1) is 0 Å². The Hall–Kier alpha value is -1.44. The maximum absolute atomic E-state index is 11.7. The van der Waals surface area contributed by atoms with Crippen LogP contribution in [-0.2, 0) is 61.6 Å². The summed E-state index contributed by atoms with van der Waals surface area (Å²) in [6, 6.07) is 0. The molecule has 0 aromatic rings. The first-order valence-electron chi connectivity index (χ1n) is 24.7. The Morgan fingerprint density at radius 1 is 0.192 bits per heavy atom. The highest BCUT2D eigenvalue weighted by atomic mass is 16.8. The van der Waals surface area contributed by atoms with Gasteiger partial charge in [0.25, 0.3) is 0 Å². The molecule has 0 radical (unpaired) electrons. The van der Waals surface area contributed by atoms with E-state index in [-0.39, 0.29) is 0 Å². The third kappa shape index (κ3) is 12.9. The van der Waals surface area contributed by atoms with E-state index in [4.69, 9.17) is 61.6 Å². The van der Waals surface area contributed by atoms with Gasteiger partial charge in [-0.05, 0) is 0 Å². The summed E-state index contributed by atoms with van der Waals surface area (Å²) in [7, 11) is 0. The third-order valence-corrected chi connectivity index (χ3v) is 14.6. The van der Waals surface area contributed by atoms with Crippen LogP contribution < -0.4 is 0 Å². The lowest BCUT2D eigenvalue weighted by molar-refractivity contribution is -0.420. The summed E-state index contributed by atoms with van der Waals surface area (Å²) in [4.78, 5) is 0. The lowest BCUT2D eigenvalue weighted by Crippen LogP contribution is -2.69. The van der Waals surface area contributed by atoms with E-state index in [1.54, 1.807) is 0 Å². The number of hydrogen-bond acceptors (Lipinski definition) is 36. The van der Waals surface area contributed by atoms with Gasteiger partial charge in [-0.2, -0.15) is 0 Å². The number of ether oxygens (including phenoxy) is 13. The van der Waals surface area contributed by atoms with Gasteiger partial charge in [-0.1, -0.05) is 0 Å². The molecule has 7 fully saturated rings. The molecule has 36 heteroatoms. The average Bonchev–Trinajstić information content (AvgIpc) is 3.43. The Bertz CT molecular complexity index is 1820. The van der Waals surface area contributed by atoms with Crippen LogP contribution in [0.5, 0.6) is 0 Å². The van der Waals surface area contributed by atoms with E-state index >= 15 is 0 Å². The second-order valence-electron chi connectivity index (χ2n) is 19.6. The zero-order valence-corrected chi connectivity index (χ0v) is 40.8. The van der Waals surface area contributed by atoms with Crippen molar-refractivity contribution in [2.45, 2.75) is 215 Å². The van der Waals surface area contributed by atoms with Crippen LogP contribution in [0.25, 0.3) is 0 Å². The monoisotopic (exact) mass is 1150 g/mol.